The van der Waals surface area contributed by atoms with Crippen molar-refractivity contribution in [3.63, 3.8) is 0 Å². The summed E-state index contributed by atoms with van der Waals surface area (Å²) in [7, 11) is 0. The number of hydrogen-bond acceptors (Lipinski definition) is 0. The molecule has 0 fully saturated rings. The van der Waals surface area contributed by atoms with Crippen LogP contribution >= 0.6 is 0 Å². The zero-order valence-corrected chi connectivity index (χ0v) is 6.56. The van der Waals surface area contributed by atoms with E-state index >= 15 is 0 Å². The van der Waals surface area contributed by atoms with E-state index in [-0.39, 0.29) is 0 Å². The van der Waals surface area contributed by atoms with Crippen LogP contribution in [0.4, 0.5) is 0 Å². The van der Waals surface area contributed by atoms with Gasteiger partial charge in [-0.05, 0) is 25.2 Å². The molecule has 0 spiro atoms. The first-order valence-electron chi connectivity index (χ1n) is 3.75. The van der Waals surface area contributed by atoms with Gasteiger partial charge < -0.3 is 0 Å². The van der Waals surface area contributed by atoms with Gasteiger partial charge in [0.1, 0.15) is 0 Å². The zero-order valence-electron chi connectivity index (χ0n) is 6.56. The highest BCUT2D eigenvalue weighted by Crippen LogP contribution is 2.03. The third-order valence-electron chi connectivity index (χ3n) is 1.23. The van der Waals surface area contributed by atoms with Gasteiger partial charge in [0, 0.05) is 0 Å². The molecule has 9 heavy (non-hydrogen) atoms. The SMILES string of the molecule is [CH2]C(C)CCC=CCC. The van der Waals surface area contributed by atoms with Crippen molar-refractivity contribution >= 4 is 0 Å². The van der Waals surface area contributed by atoms with Crippen LogP contribution in [-0.2, 0) is 0 Å². The van der Waals surface area contributed by atoms with Crippen molar-refractivity contribution in [2.24, 2.45) is 5.92 Å². The van der Waals surface area contributed by atoms with Crippen LogP contribution in [0.15, 0.2) is 12.2 Å². The molecule has 1 unspecified atom stereocenters. The van der Waals surface area contributed by atoms with Crippen molar-refractivity contribution < 1.29 is 0 Å². The molecule has 0 aliphatic rings. The Balaban J connectivity index is 2.99. The van der Waals surface area contributed by atoms with Crippen LogP contribution in [0, 0.1) is 12.8 Å². The van der Waals surface area contributed by atoms with Gasteiger partial charge in [0.15, 0.2) is 0 Å². The molecule has 0 amide bonds. The summed E-state index contributed by atoms with van der Waals surface area (Å²) in [5.74, 6) is 0.603. The molecule has 0 saturated carbocycles. The summed E-state index contributed by atoms with van der Waals surface area (Å²) in [4.78, 5) is 0. The van der Waals surface area contributed by atoms with E-state index in [1.807, 2.05) is 0 Å². The molecule has 0 saturated heterocycles. The minimum absolute atomic E-state index is 0.603. The highest BCUT2D eigenvalue weighted by Gasteiger charge is 1.88. The van der Waals surface area contributed by atoms with Gasteiger partial charge >= 0.3 is 0 Å². The van der Waals surface area contributed by atoms with Crippen molar-refractivity contribution in [2.75, 3.05) is 0 Å². The molecule has 0 N–H and O–H groups in total. The van der Waals surface area contributed by atoms with Crippen LogP contribution in [0.2, 0.25) is 0 Å². The van der Waals surface area contributed by atoms with Gasteiger partial charge in [0.2, 0.25) is 0 Å². The highest BCUT2D eigenvalue weighted by atomic mass is 13.9. The van der Waals surface area contributed by atoms with E-state index < -0.39 is 0 Å². The van der Waals surface area contributed by atoms with Crippen LogP contribution < -0.4 is 0 Å². The van der Waals surface area contributed by atoms with Crippen molar-refractivity contribution in [3.8, 4) is 0 Å². The molecule has 0 rings (SSSR count). The summed E-state index contributed by atoms with van der Waals surface area (Å²) in [6, 6.07) is 0. The second-order valence-electron chi connectivity index (χ2n) is 2.56. The van der Waals surface area contributed by atoms with Crippen molar-refractivity contribution in [1.29, 1.82) is 0 Å². The predicted octanol–water partition coefficient (Wildman–Crippen LogP) is 3.20. The predicted molar refractivity (Wildman–Crippen MR) is 43.2 cm³/mol. The molecular formula is C9H17. The van der Waals surface area contributed by atoms with E-state index in [0.29, 0.717) is 5.92 Å². The molecule has 0 heteroatoms. The van der Waals surface area contributed by atoms with Crippen LogP contribution in [0.25, 0.3) is 0 Å². The Hall–Kier alpha value is -0.260. The second-order valence-corrected chi connectivity index (χ2v) is 2.56. The van der Waals surface area contributed by atoms with E-state index in [1.165, 1.54) is 12.8 Å². The lowest BCUT2D eigenvalue weighted by Crippen LogP contribution is -1.83. The maximum absolute atomic E-state index is 3.90. The smallest absolute Gasteiger partial charge is 0.0348 e. The maximum atomic E-state index is 3.90. The summed E-state index contributed by atoms with van der Waals surface area (Å²) in [6.45, 7) is 8.21. The Bertz CT molecular complexity index is 70.1. The van der Waals surface area contributed by atoms with Crippen LogP contribution in [0.5, 0.6) is 0 Å². The van der Waals surface area contributed by atoms with Gasteiger partial charge in [0.25, 0.3) is 0 Å². The first kappa shape index (κ1) is 8.74. The first-order valence-corrected chi connectivity index (χ1v) is 3.75. The standard InChI is InChI=1S/C9H17/c1-4-5-6-7-8-9(2)3/h5-6,9H,2,4,7-8H2,1,3H3. The van der Waals surface area contributed by atoms with Gasteiger partial charge in [-0.3, -0.25) is 0 Å². The largest absolute Gasteiger partial charge is 0.0888 e. The summed E-state index contributed by atoms with van der Waals surface area (Å²) < 4.78 is 0. The van der Waals surface area contributed by atoms with Gasteiger partial charge in [-0.1, -0.05) is 32.9 Å². The third kappa shape index (κ3) is 7.74. The van der Waals surface area contributed by atoms with Gasteiger partial charge in [-0.15, -0.1) is 0 Å². The fraction of sp³-hybridized carbons (Fsp3) is 0.667. The second kappa shape index (κ2) is 5.87. The quantitative estimate of drug-likeness (QED) is 0.506. The molecule has 0 aromatic heterocycles. The zero-order chi connectivity index (χ0) is 7.11. The first-order chi connectivity index (χ1) is 4.27. The lowest BCUT2D eigenvalue weighted by atomic mass is 10.1. The van der Waals surface area contributed by atoms with Crippen LogP contribution in [0.1, 0.15) is 33.1 Å². The third-order valence-corrected chi connectivity index (χ3v) is 1.23. The van der Waals surface area contributed by atoms with E-state index in [1.54, 1.807) is 0 Å². The van der Waals surface area contributed by atoms with Crippen LogP contribution in [-0.4, -0.2) is 0 Å². The monoisotopic (exact) mass is 125 g/mol. The minimum atomic E-state index is 0.603. The Kier molecular flexibility index (Phi) is 5.70. The molecule has 0 aromatic rings. The highest BCUT2D eigenvalue weighted by molar-refractivity contribution is 4.80. The summed E-state index contributed by atoms with van der Waals surface area (Å²) in [5.41, 5.74) is 0. The Morgan fingerprint density at radius 3 is 2.56 bits per heavy atom. The fourth-order valence-corrected chi connectivity index (χ4v) is 0.665. The summed E-state index contributed by atoms with van der Waals surface area (Å²) >= 11 is 0. The molecule has 1 radical (unpaired) electrons. The summed E-state index contributed by atoms with van der Waals surface area (Å²) in [5, 5.41) is 0. The molecule has 0 heterocycles. The van der Waals surface area contributed by atoms with Crippen molar-refractivity contribution in [2.45, 2.75) is 33.1 Å². The Morgan fingerprint density at radius 1 is 1.44 bits per heavy atom. The van der Waals surface area contributed by atoms with E-state index in [9.17, 15) is 0 Å². The fourth-order valence-electron chi connectivity index (χ4n) is 0.665. The molecule has 0 bridgehead atoms. The van der Waals surface area contributed by atoms with Crippen molar-refractivity contribution in [3.05, 3.63) is 19.1 Å². The molecule has 53 valence electrons. The Labute approximate surface area is 59.0 Å². The van der Waals surface area contributed by atoms with Gasteiger partial charge in [-0.2, -0.15) is 0 Å². The Morgan fingerprint density at radius 2 is 2.11 bits per heavy atom. The maximum Gasteiger partial charge on any atom is -0.0348 e. The van der Waals surface area contributed by atoms with Gasteiger partial charge in [0.05, 0.1) is 0 Å². The van der Waals surface area contributed by atoms with E-state index in [2.05, 4.69) is 32.9 Å². The summed E-state index contributed by atoms with van der Waals surface area (Å²) in [6.07, 6.45) is 8.02. The molecule has 0 nitrogen and oxygen atoms in total. The average Bonchev–Trinajstić information content (AvgIpc) is 1.80. The lowest BCUT2D eigenvalue weighted by molar-refractivity contribution is 0.653. The number of rotatable bonds is 4. The molecule has 0 aliphatic heterocycles. The molecular weight excluding hydrogens is 108 g/mol. The normalized spacial score (nSPS) is 11.6. The number of allylic oxidation sites excluding steroid dienone is 2. The molecule has 0 aromatic carbocycles. The minimum Gasteiger partial charge on any atom is -0.0888 e. The molecule has 1 atom stereocenters. The van der Waals surface area contributed by atoms with Crippen molar-refractivity contribution in [1.82, 2.24) is 0 Å². The van der Waals surface area contributed by atoms with E-state index in [0.717, 1.165) is 6.42 Å². The topological polar surface area (TPSA) is 0 Å². The van der Waals surface area contributed by atoms with E-state index in [4.69, 9.17) is 0 Å². The number of hydrogen-bond donors (Lipinski definition) is 0. The van der Waals surface area contributed by atoms with Crippen LogP contribution in [0.3, 0.4) is 0 Å². The lowest BCUT2D eigenvalue weighted by Gasteiger charge is -1.97. The average molecular weight is 125 g/mol. The molecule has 0 aliphatic carbocycles. The van der Waals surface area contributed by atoms with Gasteiger partial charge in [-0.25, -0.2) is 0 Å².